The van der Waals surface area contributed by atoms with E-state index in [1.807, 2.05) is 43.3 Å². The van der Waals surface area contributed by atoms with Gasteiger partial charge in [0.05, 0.1) is 12.5 Å². The van der Waals surface area contributed by atoms with Gasteiger partial charge in [0, 0.05) is 17.0 Å². The summed E-state index contributed by atoms with van der Waals surface area (Å²) in [6, 6.07) is 11.1. The van der Waals surface area contributed by atoms with Gasteiger partial charge in [-0.2, -0.15) is 0 Å². The van der Waals surface area contributed by atoms with Crippen LogP contribution < -0.4 is 0 Å². The third-order valence-electron chi connectivity index (χ3n) is 2.49. The van der Waals surface area contributed by atoms with Crippen molar-refractivity contribution in [1.82, 2.24) is 0 Å². The fraction of sp³-hybridized carbons (Fsp3) is 0.154. The molecule has 2 aromatic rings. The van der Waals surface area contributed by atoms with Crippen molar-refractivity contribution in [3.05, 3.63) is 60.1 Å². The first kappa shape index (κ1) is 9.71. The predicted octanol–water partition coefficient (Wildman–Crippen LogP) is 3.27. The van der Waals surface area contributed by atoms with E-state index in [9.17, 15) is 4.79 Å². The van der Waals surface area contributed by atoms with Gasteiger partial charge in [-0.05, 0) is 6.07 Å². The Morgan fingerprint density at radius 2 is 1.93 bits per heavy atom. The highest BCUT2D eigenvalue weighted by molar-refractivity contribution is 6.00. The summed E-state index contributed by atoms with van der Waals surface area (Å²) in [5.74, 6) is -0.0249. The van der Waals surface area contributed by atoms with Crippen LogP contribution in [0.2, 0.25) is 0 Å². The summed E-state index contributed by atoms with van der Waals surface area (Å²) in [5.41, 5.74) is 1.66. The van der Waals surface area contributed by atoms with E-state index in [2.05, 4.69) is 0 Å². The molecule has 0 aliphatic rings. The van der Waals surface area contributed by atoms with Gasteiger partial charge >= 0.3 is 0 Å². The molecule has 0 saturated heterocycles. The maximum atomic E-state index is 12.0. The van der Waals surface area contributed by atoms with E-state index in [0.29, 0.717) is 0 Å². The molecule has 1 unspecified atom stereocenters. The number of carbonyl (C=O) groups excluding carboxylic acids is 1. The lowest BCUT2D eigenvalue weighted by molar-refractivity contribution is 0.0966. The second kappa shape index (κ2) is 4.13. The molecule has 0 saturated carbocycles. The van der Waals surface area contributed by atoms with Crippen molar-refractivity contribution in [3.63, 3.8) is 0 Å². The van der Waals surface area contributed by atoms with Crippen LogP contribution >= 0.6 is 0 Å². The Labute approximate surface area is 88.5 Å². The van der Waals surface area contributed by atoms with Crippen molar-refractivity contribution in [3.8, 4) is 0 Å². The fourth-order valence-corrected chi connectivity index (χ4v) is 1.53. The number of hydrogen-bond donors (Lipinski definition) is 0. The molecule has 1 heterocycles. The van der Waals surface area contributed by atoms with E-state index >= 15 is 0 Å². The summed E-state index contributed by atoms with van der Waals surface area (Å²) in [6.07, 6.45) is 3.20. The number of ketones is 1. The largest absolute Gasteiger partial charge is 0.472 e. The zero-order valence-corrected chi connectivity index (χ0v) is 8.51. The van der Waals surface area contributed by atoms with Gasteiger partial charge in [-0.15, -0.1) is 0 Å². The van der Waals surface area contributed by atoms with Crippen molar-refractivity contribution in [2.45, 2.75) is 12.8 Å². The molecule has 2 heteroatoms. The summed E-state index contributed by atoms with van der Waals surface area (Å²) in [5, 5.41) is 0. The molecule has 0 amide bonds. The van der Waals surface area contributed by atoms with Gasteiger partial charge in [0.25, 0.3) is 0 Å². The molecular formula is C13H12O2. The smallest absolute Gasteiger partial charge is 0.170 e. The Morgan fingerprint density at radius 3 is 2.53 bits per heavy atom. The molecule has 1 aromatic heterocycles. The highest BCUT2D eigenvalue weighted by atomic mass is 16.3. The first-order valence-corrected chi connectivity index (χ1v) is 4.90. The minimum atomic E-state index is -0.147. The minimum absolute atomic E-state index is 0.122. The summed E-state index contributed by atoms with van der Waals surface area (Å²) in [7, 11) is 0. The number of benzene rings is 1. The molecular weight excluding hydrogens is 188 g/mol. The third kappa shape index (κ3) is 1.99. The van der Waals surface area contributed by atoms with Crippen molar-refractivity contribution in [2.24, 2.45) is 0 Å². The average Bonchev–Trinajstić information content (AvgIpc) is 2.82. The van der Waals surface area contributed by atoms with Crippen LogP contribution in [0.3, 0.4) is 0 Å². The molecule has 0 N–H and O–H groups in total. The molecule has 0 spiro atoms. The van der Waals surface area contributed by atoms with E-state index in [1.54, 1.807) is 12.5 Å². The molecule has 0 aliphatic carbocycles. The van der Waals surface area contributed by atoms with Crippen LogP contribution in [0.4, 0.5) is 0 Å². The van der Waals surface area contributed by atoms with Crippen molar-refractivity contribution in [1.29, 1.82) is 0 Å². The number of carbonyl (C=O) groups is 1. The summed E-state index contributed by atoms with van der Waals surface area (Å²) in [6.45, 7) is 1.89. The predicted molar refractivity (Wildman–Crippen MR) is 57.9 cm³/mol. The highest BCUT2D eigenvalue weighted by Crippen LogP contribution is 2.20. The van der Waals surface area contributed by atoms with Crippen LogP contribution in [0.15, 0.2) is 53.3 Å². The van der Waals surface area contributed by atoms with Crippen molar-refractivity contribution >= 4 is 5.78 Å². The summed E-state index contributed by atoms with van der Waals surface area (Å²) >= 11 is 0. The van der Waals surface area contributed by atoms with Crippen LogP contribution in [0.25, 0.3) is 0 Å². The molecule has 0 radical (unpaired) electrons. The van der Waals surface area contributed by atoms with Crippen molar-refractivity contribution < 1.29 is 9.21 Å². The Balaban J connectivity index is 2.23. The van der Waals surface area contributed by atoms with Gasteiger partial charge in [0.1, 0.15) is 0 Å². The van der Waals surface area contributed by atoms with Crippen LogP contribution in [0.5, 0.6) is 0 Å². The molecule has 0 aliphatic heterocycles. The van der Waals surface area contributed by atoms with Gasteiger partial charge < -0.3 is 4.42 Å². The van der Waals surface area contributed by atoms with Crippen LogP contribution in [0.1, 0.15) is 28.8 Å². The van der Waals surface area contributed by atoms with Gasteiger partial charge in [-0.1, -0.05) is 37.3 Å². The Morgan fingerprint density at radius 1 is 1.20 bits per heavy atom. The van der Waals surface area contributed by atoms with E-state index in [4.69, 9.17) is 4.42 Å². The Kier molecular flexibility index (Phi) is 2.68. The van der Waals surface area contributed by atoms with Gasteiger partial charge in [-0.3, -0.25) is 4.79 Å². The summed E-state index contributed by atoms with van der Waals surface area (Å²) < 4.78 is 4.97. The molecule has 15 heavy (non-hydrogen) atoms. The SMILES string of the molecule is CC(C(=O)c1ccccc1)c1ccoc1. The Bertz CT molecular complexity index is 429. The van der Waals surface area contributed by atoms with Crippen LogP contribution in [-0.4, -0.2) is 5.78 Å². The fourth-order valence-electron chi connectivity index (χ4n) is 1.53. The Hall–Kier alpha value is -1.83. The standard InChI is InChI=1S/C13H12O2/c1-10(12-7-8-15-9-12)13(14)11-5-3-2-4-6-11/h2-10H,1H3. The second-order valence-corrected chi connectivity index (χ2v) is 3.51. The maximum absolute atomic E-state index is 12.0. The first-order valence-electron chi connectivity index (χ1n) is 4.90. The molecule has 0 bridgehead atoms. The van der Waals surface area contributed by atoms with Gasteiger partial charge in [-0.25, -0.2) is 0 Å². The average molecular weight is 200 g/mol. The maximum Gasteiger partial charge on any atom is 0.170 e. The minimum Gasteiger partial charge on any atom is -0.472 e. The lowest BCUT2D eigenvalue weighted by Gasteiger charge is -2.07. The molecule has 76 valence electrons. The van der Waals surface area contributed by atoms with E-state index in [1.165, 1.54) is 0 Å². The van der Waals surface area contributed by atoms with E-state index < -0.39 is 0 Å². The lowest BCUT2D eigenvalue weighted by Crippen LogP contribution is -2.08. The first-order chi connectivity index (χ1) is 7.29. The quantitative estimate of drug-likeness (QED) is 0.712. The molecule has 2 nitrogen and oxygen atoms in total. The molecule has 2 rings (SSSR count). The number of hydrogen-bond acceptors (Lipinski definition) is 2. The van der Waals surface area contributed by atoms with Crippen molar-refractivity contribution in [2.75, 3.05) is 0 Å². The summed E-state index contributed by atoms with van der Waals surface area (Å²) in [4.78, 5) is 12.0. The zero-order chi connectivity index (χ0) is 10.7. The zero-order valence-electron chi connectivity index (χ0n) is 8.51. The topological polar surface area (TPSA) is 30.2 Å². The molecule has 1 atom stereocenters. The highest BCUT2D eigenvalue weighted by Gasteiger charge is 2.17. The lowest BCUT2D eigenvalue weighted by atomic mass is 9.94. The third-order valence-corrected chi connectivity index (χ3v) is 2.49. The number of Topliss-reactive ketones (excluding diaryl/α,β-unsaturated/α-hetero) is 1. The number of rotatable bonds is 3. The molecule has 0 fully saturated rings. The van der Waals surface area contributed by atoms with Crippen LogP contribution in [-0.2, 0) is 0 Å². The monoisotopic (exact) mass is 200 g/mol. The normalized spacial score (nSPS) is 12.3. The van der Waals surface area contributed by atoms with E-state index in [0.717, 1.165) is 11.1 Å². The second-order valence-electron chi connectivity index (χ2n) is 3.51. The molecule has 1 aromatic carbocycles. The van der Waals surface area contributed by atoms with E-state index in [-0.39, 0.29) is 11.7 Å². The van der Waals surface area contributed by atoms with Gasteiger partial charge in [0.2, 0.25) is 0 Å². The van der Waals surface area contributed by atoms with Crippen LogP contribution in [0, 0.1) is 0 Å². The van der Waals surface area contributed by atoms with Gasteiger partial charge in [0.15, 0.2) is 5.78 Å². The number of furan rings is 1.